The largest absolute Gasteiger partial charge is 0.446 e. The molecule has 1 fully saturated rings. The summed E-state index contributed by atoms with van der Waals surface area (Å²) in [5, 5.41) is 7.27. The number of nitrogens with zero attached hydrogens (tertiary/aromatic N) is 2. The lowest BCUT2D eigenvalue weighted by atomic mass is 10.00. The summed E-state index contributed by atoms with van der Waals surface area (Å²) in [6, 6.07) is 3.63. The summed E-state index contributed by atoms with van der Waals surface area (Å²) in [5.74, 6) is 2.15. The van der Waals surface area contributed by atoms with Gasteiger partial charge in [0.1, 0.15) is 0 Å². The first-order valence-electron chi connectivity index (χ1n) is 5.63. The maximum absolute atomic E-state index is 5.39. The number of furan rings is 1. The molecule has 1 unspecified atom stereocenters. The zero-order valence-electron chi connectivity index (χ0n) is 9.15. The van der Waals surface area contributed by atoms with Crippen molar-refractivity contribution in [1.82, 2.24) is 15.5 Å². The van der Waals surface area contributed by atoms with E-state index in [1.54, 1.807) is 0 Å². The van der Waals surface area contributed by atoms with Gasteiger partial charge in [0.25, 0.3) is 0 Å². The van der Waals surface area contributed by atoms with Crippen LogP contribution in [0.5, 0.6) is 0 Å². The average Bonchev–Trinajstić information content (AvgIpc) is 2.98. The number of piperidine rings is 1. The van der Waals surface area contributed by atoms with Gasteiger partial charge in [-0.15, -0.1) is 0 Å². The van der Waals surface area contributed by atoms with Crippen molar-refractivity contribution in [1.29, 1.82) is 0 Å². The van der Waals surface area contributed by atoms with Gasteiger partial charge in [0.2, 0.25) is 11.7 Å². The summed E-state index contributed by atoms with van der Waals surface area (Å²) in [6.45, 7) is 1.98. The van der Waals surface area contributed by atoms with Crippen LogP contribution in [0.25, 0.3) is 11.6 Å². The summed E-state index contributed by atoms with van der Waals surface area (Å²) in [7, 11) is 0. The van der Waals surface area contributed by atoms with E-state index in [4.69, 9.17) is 8.94 Å². The maximum Gasteiger partial charge on any atom is 0.238 e. The van der Waals surface area contributed by atoms with Gasteiger partial charge >= 0.3 is 0 Å². The standard InChI is InChI=1S/C11H12BrN3O2/c12-9-4-3-8(16-9)10-14-11(17-15-10)7-2-1-5-13-6-7/h3-4,7,13H,1-2,5-6H2. The van der Waals surface area contributed by atoms with Crippen LogP contribution in [0.2, 0.25) is 0 Å². The summed E-state index contributed by atoms with van der Waals surface area (Å²) >= 11 is 3.25. The minimum absolute atomic E-state index is 0.323. The Hall–Kier alpha value is -1.14. The molecule has 0 amide bonds. The van der Waals surface area contributed by atoms with Gasteiger partial charge in [0.15, 0.2) is 10.4 Å². The van der Waals surface area contributed by atoms with Gasteiger partial charge in [-0.05, 0) is 47.4 Å². The van der Waals surface area contributed by atoms with Crippen LogP contribution in [0.4, 0.5) is 0 Å². The second kappa shape index (κ2) is 4.62. The zero-order valence-corrected chi connectivity index (χ0v) is 10.7. The predicted molar refractivity (Wildman–Crippen MR) is 64.5 cm³/mol. The molecular formula is C11H12BrN3O2. The molecule has 1 aliphatic heterocycles. The lowest BCUT2D eigenvalue weighted by Gasteiger charge is -2.18. The highest BCUT2D eigenvalue weighted by molar-refractivity contribution is 9.10. The van der Waals surface area contributed by atoms with E-state index in [2.05, 4.69) is 31.4 Å². The SMILES string of the molecule is Brc1ccc(-c2noc(C3CCCNC3)n2)o1. The molecule has 3 rings (SSSR count). The van der Waals surface area contributed by atoms with E-state index in [9.17, 15) is 0 Å². The fourth-order valence-corrected chi connectivity index (χ4v) is 2.30. The van der Waals surface area contributed by atoms with Gasteiger partial charge in [-0.3, -0.25) is 0 Å². The first kappa shape index (κ1) is 11.0. The van der Waals surface area contributed by atoms with Gasteiger partial charge in [0.05, 0.1) is 5.92 Å². The predicted octanol–water partition coefficient (Wildman–Crippen LogP) is 2.56. The number of rotatable bonds is 2. The van der Waals surface area contributed by atoms with Crippen LogP contribution in [-0.2, 0) is 0 Å². The summed E-state index contributed by atoms with van der Waals surface area (Å²) in [6.07, 6.45) is 2.24. The van der Waals surface area contributed by atoms with E-state index in [1.165, 1.54) is 0 Å². The Balaban J connectivity index is 1.82. The number of halogens is 1. The molecule has 1 N–H and O–H groups in total. The molecule has 0 bridgehead atoms. The highest BCUT2D eigenvalue weighted by atomic mass is 79.9. The third-order valence-electron chi connectivity index (χ3n) is 2.88. The zero-order chi connectivity index (χ0) is 11.7. The van der Waals surface area contributed by atoms with E-state index < -0.39 is 0 Å². The van der Waals surface area contributed by atoms with E-state index in [1.807, 2.05) is 12.1 Å². The smallest absolute Gasteiger partial charge is 0.238 e. The molecule has 1 aliphatic rings. The van der Waals surface area contributed by atoms with Crippen LogP contribution in [0.15, 0.2) is 25.7 Å². The van der Waals surface area contributed by atoms with Gasteiger partial charge in [-0.2, -0.15) is 4.98 Å². The third-order valence-corrected chi connectivity index (χ3v) is 3.31. The topological polar surface area (TPSA) is 64.1 Å². The number of nitrogens with one attached hydrogen (secondary N) is 1. The quantitative estimate of drug-likeness (QED) is 0.923. The van der Waals surface area contributed by atoms with Crippen molar-refractivity contribution >= 4 is 15.9 Å². The summed E-state index contributed by atoms with van der Waals surface area (Å²) < 4.78 is 11.3. The molecular weight excluding hydrogens is 286 g/mol. The third kappa shape index (κ3) is 2.28. The van der Waals surface area contributed by atoms with Crippen molar-refractivity contribution in [2.45, 2.75) is 18.8 Å². The highest BCUT2D eigenvalue weighted by Gasteiger charge is 2.22. The van der Waals surface area contributed by atoms with Crippen LogP contribution in [0.3, 0.4) is 0 Å². The fraction of sp³-hybridized carbons (Fsp3) is 0.455. The van der Waals surface area contributed by atoms with Gasteiger partial charge < -0.3 is 14.3 Å². The molecule has 0 spiro atoms. The monoisotopic (exact) mass is 297 g/mol. The molecule has 5 nitrogen and oxygen atoms in total. The Morgan fingerprint density at radius 2 is 2.35 bits per heavy atom. The molecule has 0 radical (unpaired) electrons. The Bertz CT molecular complexity index is 502. The van der Waals surface area contributed by atoms with Gasteiger partial charge in [-0.1, -0.05) is 5.16 Å². The van der Waals surface area contributed by atoms with Crippen LogP contribution in [-0.4, -0.2) is 23.2 Å². The molecule has 3 heterocycles. The molecule has 2 aromatic rings. The molecule has 1 atom stereocenters. The lowest BCUT2D eigenvalue weighted by Crippen LogP contribution is -2.28. The molecule has 0 aliphatic carbocycles. The average molecular weight is 298 g/mol. The van der Waals surface area contributed by atoms with Crippen LogP contribution < -0.4 is 5.32 Å². The van der Waals surface area contributed by atoms with Crippen molar-refractivity contribution in [3.63, 3.8) is 0 Å². The van der Waals surface area contributed by atoms with Crippen LogP contribution in [0.1, 0.15) is 24.7 Å². The molecule has 2 aromatic heterocycles. The van der Waals surface area contributed by atoms with Gasteiger partial charge in [0, 0.05) is 6.54 Å². The molecule has 0 aromatic carbocycles. The van der Waals surface area contributed by atoms with Crippen molar-refractivity contribution in [3.05, 3.63) is 22.7 Å². The Morgan fingerprint density at radius 1 is 1.41 bits per heavy atom. The van der Waals surface area contributed by atoms with Crippen LogP contribution in [0, 0.1) is 0 Å². The Labute approximate surface area is 107 Å². The minimum Gasteiger partial charge on any atom is -0.446 e. The van der Waals surface area contributed by atoms with E-state index in [0.717, 1.165) is 25.9 Å². The molecule has 6 heteroatoms. The Kier molecular flexibility index (Phi) is 2.98. The molecule has 17 heavy (non-hydrogen) atoms. The summed E-state index contributed by atoms with van der Waals surface area (Å²) in [5.41, 5.74) is 0. The lowest BCUT2D eigenvalue weighted by molar-refractivity contribution is 0.322. The van der Waals surface area contributed by atoms with E-state index in [-0.39, 0.29) is 0 Å². The molecule has 0 saturated carbocycles. The maximum atomic E-state index is 5.39. The van der Waals surface area contributed by atoms with Crippen molar-refractivity contribution < 1.29 is 8.94 Å². The van der Waals surface area contributed by atoms with Gasteiger partial charge in [-0.25, -0.2) is 0 Å². The first-order chi connectivity index (χ1) is 8.33. The van der Waals surface area contributed by atoms with E-state index >= 15 is 0 Å². The highest BCUT2D eigenvalue weighted by Crippen LogP contribution is 2.26. The number of aromatic nitrogens is 2. The second-order valence-electron chi connectivity index (χ2n) is 4.10. The Morgan fingerprint density at radius 3 is 3.06 bits per heavy atom. The van der Waals surface area contributed by atoms with Crippen molar-refractivity contribution in [2.24, 2.45) is 0 Å². The fourth-order valence-electron chi connectivity index (χ4n) is 2.00. The number of hydrogen-bond donors (Lipinski definition) is 1. The van der Waals surface area contributed by atoms with Crippen LogP contribution >= 0.6 is 15.9 Å². The normalized spacial score (nSPS) is 20.6. The number of hydrogen-bond acceptors (Lipinski definition) is 5. The van der Waals surface area contributed by atoms with E-state index in [0.29, 0.717) is 28.1 Å². The summed E-state index contributed by atoms with van der Waals surface area (Å²) in [4.78, 5) is 4.39. The van der Waals surface area contributed by atoms with Crippen molar-refractivity contribution in [2.75, 3.05) is 13.1 Å². The molecule has 90 valence electrons. The van der Waals surface area contributed by atoms with Crippen molar-refractivity contribution in [3.8, 4) is 11.6 Å². The minimum atomic E-state index is 0.323. The molecule has 1 saturated heterocycles. The first-order valence-corrected chi connectivity index (χ1v) is 6.42. The second-order valence-corrected chi connectivity index (χ2v) is 4.88.